The van der Waals surface area contributed by atoms with E-state index >= 15 is 0 Å². The van der Waals surface area contributed by atoms with Crippen LogP contribution < -0.4 is 5.32 Å². The zero-order chi connectivity index (χ0) is 13.8. The number of ether oxygens (including phenoxy) is 1. The highest BCUT2D eigenvalue weighted by Crippen LogP contribution is 2.28. The fourth-order valence-corrected chi connectivity index (χ4v) is 2.94. The van der Waals surface area contributed by atoms with Crippen molar-refractivity contribution in [2.45, 2.75) is 50.7 Å². The van der Waals surface area contributed by atoms with E-state index in [4.69, 9.17) is 4.74 Å². The summed E-state index contributed by atoms with van der Waals surface area (Å²) in [6, 6.07) is 7.43. The lowest BCUT2D eigenvalue weighted by Crippen LogP contribution is -2.26. The summed E-state index contributed by atoms with van der Waals surface area (Å²) in [5.41, 5.74) is 1.08. The van der Waals surface area contributed by atoms with E-state index in [1.165, 1.54) is 50.7 Å². The Balaban J connectivity index is 1.57. The normalized spacial score (nSPS) is 21.2. The van der Waals surface area contributed by atoms with Crippen molar-refractivity contribution in [3.63, 3.8) is 0 Å². The van der Waals surface area contributed by atoms with Gasteiger partial charge in [0.2, 0.25) is 0 Å². The van der Waals surface area contributed by atoms with Crippen LogP contribution in [0.3, 0.4) is 0 Å². The molecular formula is C17H24FNO. The molecular weight excluding hydrogens is 253 g/mol. The average molecular weight is 277 g/mol. The van der Waals surface area contributed by atoms with Gasteiger partial charge in [-0.15, -0.1) is 0 Å². The second-order valence-corrected chi connectivity index (χ2v) is 6.21. The molecule has 0 saturated heterocycles. The molecule has 3 heteroatoms. The van der Waals surface area contributed by atoms with Crippen LogP contribution >= 0.6 is 0 Å². The highest BCUT2D eigenvalue weighted by molar-refractivity contribution is 5.19. The fourth-order valence-electron chi connectivity index (χ4n) is 2.94. The van der Waals surface area contributed by atoms with Gasteiger partial charge in [-0.05, 0) is 49.3 Å². The molecule has 2 aliphatic rings. The first kappa shape index (κ1) is 14.0. The lowest BCUT2D eigenvalue weighted by Gasteiger charge is -2.21. The van der Waals surface area contributed by atoms with E-state index in [-0.39, 0.29) is 11.9 Å². The minimum atomic E-state index is -0.182. The van der Waals surface area contributed by atoms with E-state index < -0.39 is 0 Å². The van der Waals surface area contributed by atoms with Gasteiger partial charge in [0, 0.05) is 12.6 Å². The summed E-state index contributed by atoms with van der Waals surface area (Å²) < 4.78 is 19.2. The summed E-state index contributed by atoms with van der Waals surface area (Å²) in [4.78, 5) is 0. The Morgan fingerprint density at radius 1 is 1.10 bits per heavy atom. The lowest BCUT2D eigenvalue weighted by atomic mass is 10.1. The first-order valence-electron chi connectivity index (χ1n) is 7.92. The van der Waals surface area contributed by atoms with Gasteiger partial charge in [0.1, 0.15) is 5.82 Å². The van der Waals surface area contributed by atoms with Crippen molar-refractivity contribution in [2.24, 2.45) is 5.92 Å². The first-order chi connectivity index (χ1) is 9.81. The summed E-state index contributed by atoms with van der Waals surface area (Å²) in [7, 11) is 0. The van der Waals surface area contributed by atoms with Gasteiger partial charge in [-0.3, -0.25) is 0 Å². The number of hydrogen-bond acceptors (Lipinski definition) is 2. The molecule has 0 aromatic heterocycles. The number of nitrogens with one attached hydrogen (secondary N) is 1. The van der Waals surface area contributed by atoms with E-state index in [0.717, 1.165) is 24.6 Å². The van der Waals surface area contributed by atoms with Crippen LogP contribution in [0, 0.1) is 11.7 Å². The molecule has 2 fully saturated rings. The third kappa shape index (κ3) is 4.03. The van der Waals surface area contributed by atoms with Crippen LogP contribution in [0.1, 0.15) is 50.2 Å². The Hall–Kier alpha value is -0.930. The van der Waals surface area contributed by atoms with Crippen LogP contribution in [0.2, 0.25) is 0 Å². The molecule has 1 unspecified atom stereocenters. The highest BCUT2D eigenvalue weighted by atomic mass is 19.1. The van der Waals surface area contributed by atoms with Crippen molar-refractivity contribution in [2.75, 3.05) is 13.2 Å². The molecule has 2 aliphatic carbocycles. The van der Waals surface area contributed by atoms with Gasteiger partial charge in [-0.1, -0.05) is 25.0 Å². The van der Waals surface area contributed by atoms with Crippen molar-refractivity contribution in [1.82, 2.24) is 5.32 Å². The summed E-state index contributed by atoms with van der Waals surface area (Å²) in [5, 5.41) is 3.53. The monoisotopic (exact) mass is 277 g/mol. The van der Waals surface area contributed by atoms with Gasteiger partial charge >= 0.3 is 0 Å². The summed E-state index contributed by atoms with van der Waals surface area (Å²) in [6.45, 7) is 1.68. The maximum atomic E-state index is 13.0. The number of rotatable bonds is 7. The minimum absolute atomic E-state index is 0.0526. The van der Waals surface area contributed by atoms with Crippen molar-refractivity contribution < 1.29 is 9.13 Å². The molecule has 0 aliphatic heterocycles. The van der Waals surface area contributed by atoms with Crippen molar-refractivity contribution in [1.29, 1.82) is 0 Å². The molecule has 3 rings (SSSR count). The summed E-state index contributed by atoms with van der Waals surface area (Å²) >= 11 is 0. The Kier molecular flexibility index (Phi) is 4.69. The molecule has 0 heterocycles. The van der Waals surface area contributed by atoms with E-state index in [0.29, 0.717) is 6.04 Å². The Morgan fingerprint density at radius 3 is 2.45 bits per heavy atom. The molecule has 1 aromatic rings. The molecule has 2 nitrogen and oxygen atoms in total. The van der Waals surface area contributed by atoms with Gasteiger partial charge < -0.3 is 10.1 Å². The molecule has 110 valence electrons. The predicted molar refractivity (Wildman–Crippen MR) is 78.1 cm³/mol. The molecule has 0 radical (unpaired) electrons. The molecule has 0 amide bonds. The Morgan fingerprint density at radius 2 is 1.80 bits per heavy atom. The average Bonchev–Trinajstić information content (AvgIpc) is 3.14. The number of halogens is 1. The van der Waals surface area contributed by atoms with Gasteiger partial charge in [-0.2, -0.15) is 0 Å². The molecule has 0 bridgehead atoms. The molecule has 1 N–H and O–H groups in total. The van der Waals surface area contributed by atoms with Crippen LogP contribution in [-0.2, 0) is 4.74 Å². The molecule has 1 atom stereocenters. The van der Waals surface area contributed by atoms with Crippen LogP contribution in [-0.4, -0.2) is 19.2 Å². The van der Waals surface area contributed by atoms with Crippen molar-refractivity contribution >= 4 is 0 Å². The Bertz CT molecular complexity index is 410. The zero-order valence-corrected chi connectivity index (χ0v) is 12.0. The van der Waals surface area contributed by atoms with E-state index in [9.17, 15) is 4.39 Å². The summed E-state index contributed by atoms with van der Waals surface area (Å²) in [5.74, 6) is 0.539. The minimum Gasteiger partial charge on any atom is -0.372 e. The van der Waals surface area contributed by atoms with Crippen molar-refractivity contribution in [3.05, 3.63) is 35.6 Å². The third-order valence-electron chi connectivity index (χ3n) is 4.42. The largest absolute Gasteiger partial charge is 0.372 e. The highest BCUT2D eigenvalue weighted by Gasteiger charge is 2.24. The maximum Gasteiger partial charge on any atom is 0.123 e. The van der Waals surface area contributed by atoms with Crippen LogP contribution in [0.15, 0.2) is 24.3 Å². The Labute approximate surface area is 120 Å². The number of benzene rings is 1. The van der Waals surface area contributed by atoms with Gasteiger partial charge in [0.25, 0.3) is 0 Å². The first-order valence-corrected chi connectivity index (χ1v) is 7.92. The van der Waals surface area contributed by atoms with Crippen LogP contribution in [0.5, 0.6) is 0 Å². The molecule has 1 aromatic carbocycles. The van der Waals surface area contributed by atoms with E-state index in [2.05, 4.69) is 5.32 Å². The van der Waals surface area contributed by atoms with E-state index in [1.54, 1.807) is 0 Å². The fraction of sp³-hybridized carbons (Fsp3) is 0.647. The standard InChI is InChI=1S/C17H24FNO/c18-15-7-5-14(6-8-15)17(11-19-16-9-10-16)20-12-13-3-1-2-4-13/h5-8,13,16-17,19H,1-4,9-12H2. The molecule has 20 heavy (non-hydrogen) atoms. The second-order valence-electron chi connectivity index (χ2n) is 6.21. The second kappa shape index (κ2) is 6.68. The number of hydrogen-bond donors (Lipinski definition) is 1. The molecule has 0 spiro atoms. The lowest BCUT2D eigenvalue weighted by molar-refractivity contribution is 0.0292. The smallest absolute Gasteiger partial charge is 0.123 e. The molecule has 2 saturated carbocycles. The topological polar surface area (TPSA) is 21.3 Å². The summed E-state index contributed by atoms with van der Waals surface area (Å²) in [6.07, 6.45) is 7.89. The van der Waals surface area contributed by atoms with Crippen molar-refractivity contribution in [3.8, 4) is 0 Å². The zero-order valence-electron chi connectivity index (χ0n) is 12.0. The van der Waals surface area contributed by atoms with E-state index in [1.807, 2.05) is 12.1 Å². The van der Waals surface area contributed by atoms with Gasteiger partial charge in [-0.25, -0.2) is 4.39 Å². The predicted octanol–water partition coefficient (Wildman–Crippen LogP) is 3.83. The third-order valence-corrected chi connectivity index (χ3v) is 4.42. The SMILES string of the molecule is Fc1ccc(C(CNC2CC2)OCC2CCCC2)cc1. The van der Waals surface area contributed by atoms with Crippen LogP contribution in [0.25, 0.3) is 0 Å². The maximum absolute atomic E-state index is 13.0. The quantitative estimate of drug-likeness (QED) is 0.818. The van der Waals surface area contributed by atoms with Crippen LogP contribution in [0.4, 0.5) is 4.39 Å². The van der Waals surface area contributed by atoms with Gasteiger partial charge in [0.05, 0.1) is 12.7 Å². The van der Waals surface area contributed by atoms with Gasteiger partial charge in [0.15, 0.2) is 0 Å².